The van der Waals surface area contributed by atoms with E-state index >= 15 is 0 Å². The van der Waals surface area contributed by atoms with Crippen LogP contribution >= 0.6 is 11.8 Å². The van der Waals surface area contributed by atoms with Crippen molar-refractivity contribution in [2.24, 2.45) is 0 Å². The largest absolute Gasteiger partial charge is 0.451 e. The number of carbonyl (C=O) groups is 4. The standard InChI is InChI=1S/C31H33N3O7S/c1-31(2,3)41-30(38)32-23-27(36)34-24(22(18-42-28(23)34)17-21-15-16-33(39-4)26(21)35)29(37)40-25(19-11-7-5-8-12-19)20-13-9-6-10-14-20/h5-14,17-18,23-25,28H,15-16H2,1-4H3,(H,32,38). The molecule has 3 amide bonds. The average molecular weight is 592 g/mol. The number of hydrogen-bond acceptors (Lipinski definition) is 8. The summed E-state index contributed by atoms with van der Waals surface area (Å²) in [5, 5.41) is 5.07. The Kier molecular flexibility index (Phi) is 8.42. The lowest BCUT2D eigenvalue weighted by atomic mass is 9.95. The van der Waals surface area contributed by atoms with Crippen LogP contribution in [0.3, 0.4) is 0 Å². The molecule has 1 N–H and O–H groups in total. The molecule has 2 aromatic carbocycles. The number of nitrogens with zero attached hydrogens (tertiary/aromatic N) is 2. The molecule has 0 aliphatic carbocycles. The fourth-order valence-electron chi connectivity index (χ4n) is 5.07. The molecule has 0 spiro atoms. The Balaban J connectivity index is 1.46. The van der Waals surface area contributed by atoms with E-state index in [4.69, 9.17) is 14.3 Å². The Bertz CT molecular complexity index is 1380. The van der Waals surface area contributed by atoms with Gasteiger partial charge in [0, 0.05) is 5.57 Å². The molecule has 3 atom stereocenters. The van der Waals surface area contributed by atoms with E-state index in [-0.39, 0.29) is 5.91 Å². The van der Waals surface area contributed by atoms with Gasteiger partial charge < -0.3 is 19.7 Å². The molecular weight excluding hydrogens is 558 g/mol. The van der Waals surface area contributed by atoms with Crippen LogP contribution in [0.4, 0.5) is 4.79 Å². The first-order valence-electron chi connectivity index (χ1n) is 13.6. The molecule has 2 aromatic rings. The zero-order valence-electron chi connectivity index (χ0n) is 23.8. The maximum Gasteiger partial charge on any atom is 0.408 e. The van der Waals surface area contributed by atoms with E-state index in [1.807, 2.05) is 60.7 Å². The Morgan fingerprint density at radius 2 is 1.64 bits per heavy atom. The lowest BCUT2D eigenvalue weighted by Crippen LogP contribution is -2.74. The molecule has 0 bridgehead atoms. The summed E-state index contributed by atoms with van der Waals surface area (Å²) in [6.45, 7) is 5.58. The van der Waals surface area contributed by atoms with Gasteiger partial charge in [-0.25, -0.2) is 14.7 Å². The van der Waals surface area contributed by atoms with Gasteiger partial charge in [0.25, 0.3) is 5.91 Å². The van der Waals surface area contributed by atoms with Crippen LogP contribution in [-0.4, -0.2) is 70.6 Å². The van der Waals surface area contributed by atoms with Crippen molar-refractivity contribution >= 4 is 35.6 Å². The Hall–Kier alpha value is -4.09. The van der Waals surface area contributed by atoms with Crippen LogP contribution in [0.1, 0.15) is 44.4 Å². The lowest BCUT2D eigenvalue weighted by Gasteiger charge is -2.51. The van der Waals surface area contributed by atoms with Crippen LogP contribution in [0.2, 0.25) is 0 Å². The molecule has 5 rings (SSSR count). The minimum atomic E-state index is -1.13. The number of rotatable bonds is 7. The number of alkyl carbamates (subject to hydrolysis) is 1. The van der Waals surface area contributed by atoms with E-state index < -0.39 is 47.1 Å². The van der Waals surface area contributed by atoms with Gasteiger partial charge in [-0.2, -0.15) is 0 Å². The van der Waals surface area contributed by atoms with Crippen molar-refractivity contribution in [1.82, 2.24) is 15.3 Å². The van der Waals surface area contributed by atoms with Crippen molar-refractivity contribution in [3.05, 3.63) is 94.4 Å². The van der Waals surface area contributed by atoms with E-state index in [0.29, 0.717) is 24.1 Å². The number of esters is 1. The molecule has 2 saturated heterocycles. The van der Waals surface area contributed by atoms with Gasteiger partial charge in [-0.1, -0.05) is 60.7 Å². The number of ether oxygens (including phenoxy) is 2. The van der Waals surface area contributed by atoms with Crippen molar-refractivity contribution in [2.75, 3.05) is 13.7 Å². The molecular formula is C31H33N3O7S. The van der Waals surface area contributed by atoms with E-state index in [1.165, 1.54) is 28.8 Å². The van der Waals surface area contributed by atoms with Gasteiger partial charge in [-0.15, -0.1) is 11.8 Å². The smallest absolute Gasteiger partial charge is 0.408 e. The van der Waals surface area contributed by atoms with E-state index in [9.17, 15) is 19.2 Å². The second-order valence-electron chi connectivity index (χ2n) is 11.1. The zero-order valence-corrected chi connectivity index (χ0v) is 24.6. The Morgan fingerprint density at radius 3 is 2.19 bits per heavy atom. The molecule has 0 radical (unpaired) electrons. The number of amides is 3. The number of hydroxylamine groups is 2. The van der Waals surface area contributed by atoms with Crippen molar-refractivity contribution in [3.63, 3.8) is 0 Å². The van der Waals surface area contributed by atoms with Crippen LogP contribution in [0.25, 0.3) is 0 Å². The first-order chi connectivity index (χ1) is 20.1. The summed E-state index contributed by atoms with van der Waals surface area (Å²) >= 11 is 1.28. The predicted molar refractivity (Wildman–Crippen MR) is 155 cm³/mol. The molecule has 3 unspecified atom stereocenters. The van der Waals surface area contributed by atoms with E-state index in [0.717, 1.165) is 11.1 Å². The SMILES string of the molecule is CON1CCC(=CC2=CSC3C(NC(=O)OC(C)(C)C)C(=O)N3C2C(=O)OC(c2ccccc2)c2ccccc2)C1=O. The fourth-order valence-corrected chi connectivity index (χ4v) is 6.26. The number of carbonyl (C=O) groups excluding carboxylic acids is 4. The summed E-state index contributed by atoms with van der Waals surface area (Å²) in [7, 11) is 1.42. The topological polar surface area (TPSA) is 114 Å². The van der Waals surface area contributed by atoms with Gasteiger partial charge in [-0.3, -0.25) is 14.4 Å². The monoisotopic (exact) mass is 591 g/mol. The van der Waals surface area contributed by atoms with Gasteiger partial charge >= 0.3 is 12.1 Å². The molecule has 3 aliphatic heterocycles. The molecule has 0 saturated carbocycles. The quantitative estimate of drug-likeness (QED) is 0.291. The summed E-state index contributed by atoms with van der Waals surface area (Å²) in [6.07, 6.45) is 0.610. The average Bonchev–Trinajstić information content (AvgIpc) is 3.32. The Labute approximate surface area is 248 Å². The highest BCUT2D eigenvalue weighted by atomic mass is 32.2. The first kappa shape index (κ1) is 29.4. The number of fused-ring (bicyclic) bond motifs is 1. The van der Waals surface area contributed by atoms with Crippen LogP contribution in [-0.2, 0) is 28.7 Å². The number of benzene rings is 2. The van der Waals surface area contributed by atoms with Crippen LogP contribution in [0.15, 0.2) is 83.3 Å². The van der Waals surface area contributed by atoms with Gasteiger partial charge in [0.05, 0.1) is 13.7 Å². The fraction of sp³-hybridized carbons (Fsp3) is 0.355. The molecule has 3 aliphatic rings. The molecule has 10 nitrogen and oxygen atoms in total. The van der Waals surface area contributed by atoms with Gasteiger partial charge in [0.2, 0.25) is 5.91 Å². The third-order valence-corrected chi connectivity index (χ3v) is 8.18. The first-order valence-corrected chi connectivity index (χ1v) is 14.6. The van der Waals surface area contributed by atoms with E-state index in [1.54, 1.807) is 32.3 Å². The normalized spacial score (nSPS) is 22.9. The third-order valence-electron chi connectivity index (χ3n) is 7.00. The summed E-state index contributed by atoms with van der Waals surface area (Å²) in [6, 6.07) is 16.7. The van der Waals surface area contributed by atoms with Crippen LogP contribution < -0.4 is 5.32 Å². The van der Waals surface area contributed by atoms with Crippen molar-refractivity contribution in [2.45, 2.75) is 56.4 Å². The lowest BCUT2D eigenvalue weighted by molar-refractivity contribution is -0.165. The minimum Gasteiger partial charge on any atom is -0.451 e. The molecule has 2 fully saturated rings. The molecule has 42 heavy (non-hydrogen) atoms. The molecule has 220 valence electrons. The van der Waals surface area contributed by atoms with Gasteiger partial charge in [0.1, 0.15) is 17.0 Å². The van der Waals surface area contributed by atoms with Crippen molar-refractivity contribution in [1.29, 1.82) is 0 Å². The second kappa shape index (κ2) is 12.0. The van der Waals surface area contributed by atoms with E-state index in [2.05, 4.69) is 5.32 Å². The number of thioether (sulfide) groups is 1. The van der Waals surface area contributed by atoms with Crippen LogP contribution in [0, 0.1) is 0 Å². The highest BCUT2D eigenvalue weighted by molar-refractivity contribution is 8.03. The van der Waals surface area contributed by atoms with Crippen LogP contribution in [0.5, 0.6) is 0 Å². The summed E-state index contributed by atoms with van der Waals surface area (Å²) in [5.41, 5.74) is 1.70. The molecule has 3 heterocycles. The number of nitrogens with one attached hydrogen (secondary N) is 1. The van der Waals surface area contributed by atoms with Gasteiger partial charge in [0.15, 0.2) is 12.1 Å². The Morgan fingerprint density at radius 1 is 1.02 bits per heavy atom. The highest BCUT2D eigenvalue weighted by Crippen LogP contribution is 2.42. The minimum absolute atomic E-state index is 0.302. The maximum absolute atomic E-state index is 14.1. The van der Waals surface area contributed by atoms with Gasteiger partial charge in [-0.05, 0) is 55.4 Å². The van der Waals surface area contributed by atoms with Crippen molar-refractivity contribution < 1.29 is 33.5 Å². The molecule has 11 heteroatoms. The summed E-state index contributed by atoms with van der Waals surface area (Å²) in [4.78, 5) is 59.3. The predicted octanol–water partition coefficient (Wildman–Crippen LogP) is 4.10. The highest BCUT2D eigenvalue weighted by Gasteiger charge is 2.56. The molecule has 0 aromatic heterocycles. The van der Waals surface area contributed by atoms with Crippen molar-refractivity contribution in [3.8, 4) is 0 Å². The number of β-lactam (4-membered cyclic amide) rings is 1. The number of hydrogen-bond donors (Lipinski definition) is 1. The maximum atomic E-state index is 14.1. The summed E-state index contributed by atoms with van der Waals surface area (Å²) < 4.78 is 11.5. The second-order valence-corrected chi connectivity index (χ2v) is 12.1. The third kappa shape index (κ3) is 6.07. The summed E-state index contributed by atoms with van der Waals surface area (Å²) in [5.74, 6) is -1.40. The zero-order chi connectivity index (χ0) is 30.0.